The standard InChI is InChI=1S/C18H13ClN4O2S/c1-9-4-3-5-11-13(9)22-23-14(11)17-21-15(18(24)25-2)16(26-17)10-6-7-12(19)20-8-10/h3-8H,1-2H3,(H,22,23). The molecule has 0 amide bonds. The molecule has 1 aromatic carbocycles. The first-order valence-electron chi connectivity index (χ1n) is 7.73. The van der Waals surface area contributed by atoms with Gasteiger partial charge in [0.15, 0.2) is 5.69 Å². The Morgan fingerprint density at radius 2 is 2.12 bits per heavy atom. The molecule has 3 aromatic heterocycles. The highest BCUT2D eigenvalue weighted by Gasteiger charge is 2.23. The normalized spacial score (nSPS) is 11.0. The number of carbonyl (C=O) groups is 1. The maximum atomic E-state index is 12.2. The monoisotopic (exact) mass is 384 g/mol. The van der Waals surface area contributed by atoms with Crippen molar-refractivity contribution in [3.05, 3.63) is 52.9 Å². The largest absolute Gasteiger partial charge is 0.464 e. The molecule has 0 atom stereocenters. The molecule has 0 saturated heterocycles. The summed E-state index contributed by atoms with van der Waals surface area (Å²) < 4.78 is 4.89. The van der Waals surface area contributed by atoms with Crippen LogP contribution in [-0.4, -0.2) is 33.2 Å². The van der Waals surface area contributed by atoms with Crippen molar-refractivity contribution < 1.29 is 9.53 Å². The van der Waals surface area contributed by atoms with E-state index in [0.29, 0.717) is 15.0 Å². The van der Waals surface area contributed by atoms with Crippen LogP contribution < -0.4 is 0 Å². The van der Waals surface area contributed by atoms with E-state index in [1.807, 2.05) is 25.1 Å². The fraction of sp³-hybridized carbons (Fsp3) is 0.111. The molecule has 130 valence electrons. The van der Waals surface area contributed by atoms with Crippen LogP contribution in [0, 0.1) is 6.92 Å². The number of aromatic nitrogens is 4. The number of methoxy groups -OCH3 is 1. The van der Waals surface area contributed by atoms with Gasteiger partial charge in [-0.2, -0.15) is 5.10 Å². The van der Waals surface area contributed by atoms with Crippen LogP contribution in [0.2, 0.25) is 5.15 Å². The number of pyridine rings is 1. The lowest BCUT2D eigenvalue weighted by Gasteiger charge is -2.00. The second-order valence-corrected chi connectivity index (χ2v) is 7.01. The highest BCUT2D eigenvalue weighted by Crippen LogP contribution is 2.37. The van der Waals surface area contributed by atoms with Crippen molar-refractivity contribution in [2.75, 3.05) is 7.11 Å². The number of rotatable bonds is 3. The van der Waals surface area contributed by atoms with E-state index < -0.39 is 5.97 Å². The highest BCUT2D eigenvalue weighted by atomic mass is 35.5. The molecule has 0 aliphatic rings. The maximum Gasteiger partial charge on any atom is 0.358 e. The number of nitrogens with one attached hydrogen (secondary N) is 1. The van der Waals surface area contributed by atoms with E-state index in [2.05, 4.69) is 20.2 Å². The molecule has 4 rings (SSSR count). The molecular formula is C18H13ClN4O2S. The van der Waals surface area contributed by atoms with Crippen LogP contribution in [0.3, 0.4) is 0 Å². The molecule has 0 aliphatic heterocycles. The lowest BCUT2D eigenvalue weighted by atomic mass is 10.1. The summed E-state index contributed by atoms with van der Waals surface area (Å²) in [6.07, 6.45) is 1.61. The van der Waals surface area contributed by atoms with Gasteiger partial charge >= 0.3 is 5.97 Å². The Balaban J connectivity index is 1.91. The quantitative estimate of drug-likeness (QED) is 0.415. The van der Waals surface area contributed by atoms with Gasteiger partial charge in [0.2, 0.25) is 0 Å². The van der Waals surface area contributed by atoms with Crippen LogP contribution in [0.1, 0.15) is 16.1 Å². The zero-order valence-electron chi connectivity index (χ0n) is 13.9. The number of carbonyl (C=O) groups excluding carboxylic acids is 1. The summed E-state index contributed by atoms with van der Waals surface area (Å²) in [6.45, 7) is 2.00. The van der Waals surface area contributed by atoms with Crippen LogP contribution in [0.25, 0.3) is 32.0 Å². The molecule has 0 spiro atoms. The summed E-state index contributed by atoms with van der Waals surface area (Å²) in [4.78, 5) is 21.5. The van der Waals surface area contributed by atoms with Crippen molar-refractivity contribution in [2.45, 2.75) is 6.92 Å². The van der Waals surface area contributed by atoms with Crippen LogP contribution in [0.4, 0.5) is 0 Å². The molecule has 6 nitrogen and oxygen atoms in total. The second-order valence-electron chi connectivity index (χ2n) is 5.63. The lowest BCUT2D eigenvalue weighted by molar-refractivity contribution is 0.0596. The third-order valence-corrected chi connectivity index (χ3v) is 5.34. The minimum atomic E-state index is -0.502. The average molecular weight is 385 g/mol. The van der Waals surface area contributed by atoms with Gasteiger partial charge in [-0.3, -0.25) is 5.10 Å². The fourth-order valence-electron chi connectivity index (χ4n) is 2.71. The van der Waals surface area contributed by atoms with Gasteiger partial charge in [0.1, 0.15) is 15.9 Å². The van der Waals surface area contributed by atoms with E-state index in [-0.39, 0.29) is 5.69 Å². The summed E-state index contributed by atoms with van der Waals surface area (Å²) >= 11 is 7.24. The molecule has 4 aromatic rings. The first kappa shape index (κ1) is 16.7. The molecular weight excluding hydrogens is 372 g/mol. The number of nitrogens with zero attached hydrogens (tertiary/aromatic N) is 3. The number of hydrogen-bond acceptors (Lipinski definition) is 6. The second kappa shape index (κ2) is 6.51. The average Bonchev–Trinajstić information content (AvgIpc) is 3.26. The smallest absolute Gasteiger partial charge is 0.358 e. The summed E-state index contributed by atoms with van der Waals surface area (Å²) in [5.41, 5.74) is 3.71. The Morgan fingerprint density at radius 3 is 2.85 bits per heavy atom. The van der Waals surface area contributed by atoms with Crippen molar-refractivity contribution >= 4 is 39.8 Å². The van der Waals surface area contributed by atoms with E-state index in [9.17, 15) is 4.79 Å². The van der Waals surface area contributed by atoms with Crippen LogP contribution in [0.15, 0.2) is 36.5 Å². The van der Waals surface area contributed by atoms with Gasteiger partial charge < -0.3 is 4.74 Å². The Morgan fingerprint density at radius 1 is 1.27 bits per heavy atom. The molecule has 0 bridgehead atoms. The Hall–Kier alpha value is -2.77. The highest BCUT2D eigenvalue weighted by molar-refractivity contribution is 7.18. The zero-order chi connectivity index (χ0) is 18.3. The van der Waals surface area contributed by atoms with Crippen molar-refractivity contribution in [1.29, 1.82) is 0 Å². The number of hydrogen-bond donors (Lipinski definition) is 1. The summed E-state index contributed by atoms with van der Waals surface area (Å²) in [5.74, 6) is -0.502. The third-order valence-electron chi connectivity index (χ3n) is 4.00. The van der Waals surface area contributed by atoms with Crippen molar-refractivity contribution in [1.82, 2.24) is 20.2 Å². The number of aromatic amines is 1. The zero-order valence-corrected chi connectivity index (χ0v) is 15.5. The van der Waals surface area contributed by atoms with Crippen molar-refractivity contribution in [3.63, 3.8) is 0 Å². The first-order valence-corrected chi connectivity index (χ1v) is 8.93. The van der Waals surface area contributed by atoms with E-state index in [1.54, 1.807) is 18.3 Å². The molecule has 8 heteroatoms. The first-order chi connectivity index (χ1) is 12.6. The number of H-pyrrole nitrogens is 1. The minimum absolute atomic E-state index is 0.243. The van der Waals surface area contributed by atoms with E-state index in [4.69, 9.17) is 16.3 Å². The predicted octanol–water partition coefficient (Wildman–Crippen LogP) is 4.50. The molecule has 0 aliphatic carbocycles. The fourth-order valence-corrected chi connectivity index (χ4v) is 3.88. The van der Waals surface area contributed by atoms with Gasteiger partial charge in [-0.1, -0.05) is 29.8 Å². The predicted molar refractivity (Wildman–Crippen MR) is 102 cm³/mol. The van der Waals surface area contributed by atoms with E-state index in [1.165, 1.54) is 18.4 Å². The minimum Gasteiger partial charge on any atom is -0.464 e. The summed E-state index contributed by atoms with van der Waals surface area (Å²) in [7, 11) is 1.33. The van der Waals surface area contributed by atoms with Crippen molar-refractivity contribution in [3.8, 4) is 21.1 Å². The lowest BCUT2D eigenvalue weighted by Crippen LogP contribution is -2.03. The van der Waals surface area contributed by atoms with E-state index in [0.717, 1.165) is 27.7 Å². The summed E-state index contributed by atoms with van der Waals surface area (Å²) in [5, 5.41) is 9.41. The Labute approximate surface area is 157 Å². The molecule has 0 radical (unpaired) electrons. The number of fused-ring (bicyclic) bond motifs is 1. The van der Waals surface area contributed by atoms with Gasteiger partial charge in [0.25, 0.3) is 0 Å². The molecule has 26 heavy (non-hydrogen) atoms. The number of thiazole rings is 1. The number of ether oxygens (including phenoxy) is 1. The van der Waals surface area contributed by atoms with Crippen LogP contribution >= 0.6 is 22.9 Å². The van der Waals surface area contributed by atoms with Crippen LogP contribution in [0.5, 0.6) is 0 Å². The third kappa shape index (κ3) is 2.75. The van der Waals surface area contributed by atoms with Gasteiger partial charge in [-0.15, -0.1) is 11.3 Å². The number of esters is 1. The van der Waals surface area contributed by atoms with Gasteiger partial charge in [-0.05, 0) is 24.6 Å². The molecule has 0 unspecified atom stereocenters. The molecule has 1 N–H and O–H groups in total. The molecule has 0 saturated carbocycles. The molecule has 3 heterocycles. The Bertz CT molecular complexity index is 1120. The van der Waals surface area contributed by atoms with Gasteiger partial charge in [0.05, 0.1) is 17.5 Å². The Kier molecular flexibility index (Phi) is 4.18. The van der Waals surface area contributed by atoms with Gasteiger partial charge in [0, 0.05) is 17.1 Å². The van der Waals surface area contributed by atoms with Crippen molar-refractivity contribution in [2.24, 2.45) is 0 Å². The van der Waals surface area contributed by atoms with Gasteiger partial charge in [-0.25, -0.2) is 14.8 Å². The topological polar surface area (TPSA) is 80.8 Å². The van der Waals surface area contributed by atoms with Crippen LogP contribution in [-0.2, 0) is 4.74 Å². The SMILES string of the molecule is COC(=O)c1nc(-c2[nH]nc3c(C)cccc23)sc1-c1ccc(Cl)nc1. The number of aryl methyl sites for hydroxylation is 1. The number of benzene rings is 1. The number of halogens is 1. The number of para-hydroxylation sites is 1. The van der Waals surface area contributed by atoms with E-state index >= 15 is 0 Å². The molecule has 0 fully saturated rings. The summed E-state index contributed by atoms with van der Waals surface area (Å²) in [6, 6.07) is 9.42. The maximum absolute atomic E-state index is 12.2.